The molecule has 0 bridgehead atoms. The summed E-state index contributed by atoms with van der Waals surface area (Å²) in [6, 6.07) is 12.7. The number of benzene rings is 2. The Balaban J connectivity index is 1.67. The standard InChI is InChI=1S/C20H13ClN4O4/c1-11-13(4-2-5-16(11)25(27)28)19(26)23-12-7-8-15(21)14(10-12)20-24-18-17(29-20)6-3-9-22-18/h2-10H,1H3,(H,23,26). The van der Waals surface area contributed by atoms with Crippen molar-refractivity contribution in [3.8, 4) is 11.5 Å². The second-order valence-corrected chi connectivity index (χ2v) is 6.61. The molecule has 0 aliphatic heterocycles. The molecule has 1 amide bonds. The topological polar surface area (TPSA) is 111 Å². The molecule has 0 saturated carbocycles. The van der Waals surface area contributed by atoms with Crippen LogP contribution in [0.4, 0.5) is 11.4 Å². The number of pyridine rings is 1. The van der Waals surface area contributed by atoms with E-state index in [1.807, 2.05) is 0 Å². The number of nitrogens with one attached hydrogen (secondary N) is 1. The molecule has 0 fully saturated rings. The number of hydrogen-bond donors (Lipinski definition) is 1. The molecule has 0 unspecified atom stereocenters. The SMILES string of the molecule is Cc1c(C(=O)Nc2ccc(Cl)c(-c3nc4ncccc4o3)c2)cccc1[N+](=O)[O-]. The summed E-state index contributed by atoms with van der Waals surface area (Å²) in [4.78, 5) is 31.7. The van der Waals surface area contributed by atoms with Gasteiger partial charge < -0.3 is 9.73 Å². The van der Waals surface area contributed by atoms with Crippen LogP contribution >= 0.6 is 11.6 Å². The molecule has 29 heavy (non-hydrogen) atoms. The summed E-state index contributed by atoms with van der Waals surface area (Å²) in [7, 11) is 0. The smallest absolute Gasteiger partial charge is 0.273 e. The first kappa shape index (κ1) is 18.6. The van der Waals surface area contributed by atoms with E-state index in [9.17, 15) is 14.9 Å². The minimum atomic E-state index is -0.520. The number of amides is 1. The highest BCUT2D eigenvalue weighted by molar-refractivity contribution is 6.33. The first-order chi connectivity index (χ1) is 13.9. The molecule has 2 heterocycles. The zero-order valence-electron chi connectivity index (χ0n) is 15.0. The van der Waals surface area contributed by atoms with E-state index in [1.165, 1.54) is 25.1 Å². The monoisotopic (exact) mass is 408 g/mol. The maximum absolute atomic E-state index is 12.7. The molecule has 0 saturated heterocycles. The van der Waals surface area contributed by atoms with Gasteiger partial charge >= 0.3 is 0 Å². The van der Waals surface area contributed by atoms with Crippen LogP contribution < -0.4 is 5.32 Å². The van der Waals surface area contributed by atoms with Gasteiger partial charge in [0.05, 0.1) is 15.5 Å². The van der Waals surface area contributed by atoms with Crippen molar-refractivity contribution < 1.29 is 14.1 Å². The lowest BCUT2D eigenvalue weighted by molar-refractivity contribution is -0.385. The van der Waals surface area contributed by atoms with E-state index >= 15 is 0 Å². The number of rotatable bonds is 4. The normalized spacial score (nSPS) is 10.8. The van der Waals surface area contributed by atoms with Gasteiger partial charge in [-0.25, -0.2) is 4.98 Å². The van der Waals surface area contributed by atoms with Crippen LogP contribution in [-0.4, -0.2) is 20.8 Å². The van der Waals surface area contributed by atoms with Gasteiger partial charge in [0.1, 0.15) is 0 Å². The summed E-state index contributed by atoms with van der Waals surface area (Å²) in [5.41, 5.74) is 2.26. The van der Waals surface area contributed by atoms with Crippen molar-refractivity contribution in [3.63, 3.8) is 0 Å². The Labute approximate surface area is 169 Å². The number of nitrogens with zero attached hydrogens (tertiary/aromatic N) is 3. The Morgan fingerprint density at radius 1 is 1.21 bits per heavy atom. The average Bonchev–Trinajstić information content (AvgIpc) is 3.13. The lowest BCUT2D eigenvalue weighted by atomic mass is 10.1. The van der Waals surface area contributed by atoms with E-state index in [0.29, 0.717) is 27.5 Å². The molecule has 2 aromatic carbocycles. The molecule has 0 aliphatic carbocycles. The highest BCUT2D eigenvalue weighted by atomic mass is 35.5. The Bertz CT molecular complexity index is 1240. The molecule has 0 atom stereocenters. The Hall–Kier alpha value is -3.78. The molecule has 144 valence electrons. The van der Waals surface area contributed by atoms with E-state index in [1.54, 1.807) is 36.5 Å². The number of oxazole rings is 1. The van der Waals surface area contributed by atoms with Gasteiger partial charge in [-0.2, -0.15) is 4.98 Å². The number of carbonyl (C=O) groups excluding carboxylic acids is 1. The molecule has 1 N–H and O–H groups in total. The number of fused-ring (bicyclic) bond motifs is 1. The van der Waals surface area contributed by atoms with E-state index in [2.05, 4.69) is 15.3 Å². The third kappa shape index (κ3) is 3.53. The molecular weight excluding hydrogens is 396 g/mol. The summed E-state index contributed by atoms with van der Waals surface area (Å²) in [6.45, 7) is 1.53. The maximum atomic E-state index is 12.7. The van der Waals surface area contributed by atoms with Gasteiger partial charge in [0.15, 0.2) is 11.2 Å². The van der Waals surface area contributed by atoms with Crippen LogP contribution in [0.3, 0.4) is 0 Å². The highest BCUT2D eigenvalue weighted by Gasteiger charge is 2.19. The van der Waals surface area contributed by atoms with Crippen molar-refractivity contribution in [3.05, 3.63) is 81.0 Å². The number of anilines is 1. The Morgan fingerprint density at radius 2 is 2.03 bits per heavy atom. The fourth-order valence-electron chi connectivity index (χ4n) is 2.92. The van der Waals surface area contributed by atoms with Gasteiger partial charge in [-0.05, 0) is 43.3 Å². The lowest BCUT2D eigenvalue weighted by Crippen LogP contribution is -2.14. The minimum Gasteiger partial charge on any atom is -0.434 e. The fourth-order valence-corrected chi connectivity index (χ4v) is 3.12. The van der Waals surface area contributed by atoms with Crippen LogP contribution in [0.1, 0.15) is 15.9 Å². The van der Waals surface area contributed by atoms with Crippen molar-refractivity contribution in [1.82, 2.24) is 9.97 Å². The van der Waals surface area contributed by atoms with E-state index in [-0.39, 0.29) is 22.7 Å². The van der Waals surface area contributed by atoms with E-state index in [0.717, 1.165) is 0 Å². The van der Waals surface area contributed by atoms with Crippen molar-refractivity contribution in [2.45, 2.75) is 6.92 Å². The molecule has 4 aromatic rings. The zero-order valence-corrected chi connectivity index (χ0v) is 15.8. The van der Waals surface area contributed by atoms with E-state index < -0.39 is 10.8 Å². The fraction of sp³-hybridized carbons (Fsp3) is 0.0500. The number of hydrogen-bond acceptors (Lipinski definition) is 6. The quantitative estimate of drug-likeness (QED) is 0.375. The highest BCUT2D eigenvalue weighted by Crippen LogP contribution is 2.32. The second-order valence-electron chi connectivity index (χ2n) is 6.20. The predicted octanol–water partition coefficient (Wildman–Crippen LogP) is 5.01. The van der Waals surface area contributed by atoms with Gasteiger partial charge in [-0.15, -0.1) is 0 Å². The Kier molecular flexibility index (Phi) is 4.69. The molecule has 0 aliphatic rings. The molecule has 0 radical (unpaired) electrons. The van der Waals surface area contributed by atoms with Gasteiger partial charge in [0, 0.05) is 29.1 Å². The van der Waals surface area contributed by atoms with Gasteiger partial charge in [-0.3, -0.25) is 14.9 Å². The molecule has 4 rings (SSSR count). The number of nitro groups is 1. The maximum Gasteiger partial charge on any atom is 0.273 e. The summed E-state index contributed by atoms with van der Waals surface area (Å²) in [5, 5.41) is 14.2. The first-order valence-electron chi connectivity index (χ1n) is 8.51. The van der Waals surface area contributed by atoms with Crippen LogP contribution in [-0.2, 0) is 0 Å². The molecule has 0 spiro atoms. The van der Waals surface area contributed by atoms with Crippen LogP contribution in [0.2, 0.25) is 5.02 Å². The number of aromatic nitrogens is 2. The minimum absolute atomic E-state index is 0.117. The number of carbonyl (C=O) groups is 1. The van der Waals surface area contributed by atoms with Crippen LogP contribution in [0.25, 0.3) is 22.7 Å². The summed E-state index contributed by atoms with van der Waals surface area (Å²) < 4.78 is 5.70. The third-order valence-corrected chi connectivity index (χ3v) is 4.70. The molecule has 9 heteroatoms. The van der Waals surface area contributed by atoms with Crippen LogP contribution in [0.5, 0.6) is 0 Å². The third-order valence-electron chi connectivity index (χ3n) is 4.37. The van der Waals surface area contributed by atoms with Gasteiger partial charge in [0.25, 0.3) is 11.6 Å². The van der Waals surface area contributed by atoms with Crippen LogP contribution in [0, 0.1) is 17.0 Å². The van der Waals surface area contributed by atoms with Crippen molar-refractivity contribution in [2.75, 3.05) is 5.32 Å². The molecular formula is C20H13ClN4O4. The summed E-state index contributed by atoms with van der Waals surface area (Å²) >= 11 is 6.28. The average molecular weight is 409 g/mol. The second kappa shape index (κ2) is 7.33. The zero-order chi connectivity index (χ0) is 20.5. The number of halogens is 1. The molecule has 8 nitrogen and oxygen atoms in total. The first-order valence-corrected chi connectivity index (χ1v) is 8.88. The largest absolute Gasteiger partial charge is 0.434 e. The van der Waals surface area contributed by atoms with Gasteiger partial charge in [0.2, 0.25) is 5.89 Å². The van der Waals surface area contributed by atoms with Crippen molar-refractivity contribution >= 4 is 40.1 Å². The van der Waals surface area contributed by atoms with Crippen molar-refractivity contribution in [1.29, 1.82) is 0 Å². The van der Waals surface area contributed by atoms with Crippen molar-refractivity contribution in [2.24, 2.45) is 0 Å². The van der Waals surface area contributed by atoms with Gasteiger partial charge in [-0.1, -0.05) is 17.7 Å². The van der Waals surface area contributed by atoms with Crippen LogP contribution in [0.15, 0.2) is 59.1 Å². The predicted molar refractivity (Wildman–Crippen MR) is 108 cm³/mol. The lowest BCUT2D eigenvalue weighted by Gasteiger charge is -2.09. The molecule has 2 aromatic heterocycles. The summed E-state index contributed by atoms with van der Waals surface area (Å²) in [5.74, 6) is -0.204. The Morgan fingerprint density at radius 3 is 2.79 bits per heavy atom. The van der Waals surface area contributed by atoms with E-state index in [4.69, 9.17) is 16.0 Å². The number of nitro benzene ring substituents is 1. The summed E-state index contributed by atoms with van der Waals surface area (Å²) in [6.07, 6.45) is 1.61.